The molecule has 1 aliphatic heterocycles. The van der Waals surface area contributed by atoms with Crippen molar-refractivity contribution >= 4 is 34.3 Å². The van der Waals surface area contributed by atoms with Crippen molar-refractivity contribution in [1.82, 2.24) is 25.0 Å². The number of amides is 2. The number of carbonyl (C=O) groups excluding carboxylic acids is 2. The number of hydrogen-bond donors (Lipinski definition) is 2. The minimum Gasteiger partial charge on any atom is -0.379 e. The lowest BCUT2D eigenvalue weighted by molar-refractivity contribution is 0.0455. The van der Waals surface area contributed by atoms with E-state index in [1.54, 1.807) is 21.9 Å². The van der Waals surface area contributed by atoms with Crippen molar-refractivity contribution in [3.05, 3.63) is 51.9 Å². The molecule has 0 radical (unpaired) electrons. The van der Waals surface area contributed by atoms with Gasteiger partial charge in [-0.25, -0.2) is 0 Å². The first kappa shape index (κ1) is 21.0. The zero-order valence-electron chi connectivity index (χ0n) is 18.2. The molecule has 0 bridgehead atoms. The van der Waals surface area contributed by atoms with Crippen molar-refractivity contribution in [1.29, 1.82) is 0 Å². The molecule has 8 nitrogen and oxygen atoms in total. The molecule has 0 atom stereocenters. The van der Waals surface area contributed by atoms with Gasteiger partial charge in [0.15, 0.2) is 5.69 Å². The number of benzene rings is 1. The summed E-state index contributed by atoms with van der Waals surface area (Å²) in [5.74, 6) is -0.253. The van der Waals surface area contributed by atoms with Crippen LogP contribution in [0.5, 0.6) is 0 Å². The van der Waals surface area contributed by atoms with E-state index in [1.165, 1.54) is 0 Å². The Hall–Kier alpha value is -2.84. The van der Waals surface area contributed by atoms with E-state index in [-0.39, 0.29) is 17.4 Å². The maximum Gasteiger partial charge on any atom is 0.274 e. The maximum atomic E-state index is 13.3. The van der Waals surface area contributed by atoms with Crippen LogP contribution in [0.25, 0.3) is 10.9 Å². The van der Waals surface area contributed by atoms with E-state index < -0.39 is 0 Å². The molecule has 1 fully saturated rings. The number of nitrogens with one attached hydrogen (secondary N) is 2. The Morgan fingerprint density at radius 3 is 2.88 bits per heavy atom. The van der Waals surface area contributed by atoms with Crippen molar-refractivity contribution in [3.8, 4) is 0 Å². The van der Waals surface area contributed by atoms with Gasteiger partial charge in [-0.05, 0) is 38.0 Å². The van der Waals surface area contributed by atoms with Crippen LogP contribution < -0.4 is 0 Å². The molecule has 1 saturated carbocycles. The Bertz CT molecular complexity index is 1200. The van der Waals surface area contributed by atoms with Crippen LogP contribution in [0.1, 0.15) is 52.0 Å². The van der Waals surface area contributed by atoms with E-state index >= 15 is 0 Å². The molecule has 2 N–H and O–H groups in total. The SMILES string of the molecule is CCOCC1(N(C)C(=O)c2n[nH]c3c2CN(C(=O)c2cc4c(Cl)cccc4[nH]2)CC3)CC1. The Kier molecular flexibility index (Phi) is 5.22. The van der Waals surface area contributed by atoms with Gasteiger partial charge >= 0.3 is 0 Å². The smallest absolute Gasteiger partial charge is 0.274 e. The number of ether oxygens (including phenoxy) is 1. The minimum absolute atomic E-state index is 0.120. The summed E-state index contributed by atoms with van der Waals surface area (Å²) in [7, 11) is 1.81. The van der Waals surface area contributed by atoms with E-state index in [1.807, 2.05) is 26.1 Å². The normalized spacial score (nSPS) is 16.8. The molecule has 3 aromatic rings. The quantitative estimate of drug-likeness (QED) is 0.595. The number of fused-ring (bicyclic) bond motifs is 2. The lowest BCUT2D eigenvalue weighted by Crippen LogP contribution is -2.43. The second kappa shape index (κ2) is 7.94. The van der Waals surface area contributed by atoms with Crippen LogP contribution in [0.15, 0.2) is 24.3 Å². The van der Waals surface area contributed by atoms with Crippen LogP contribution in [0.3, 0.4) is 0 Å². The van der Waals surface area contributed by atoms with Gasteiger partial charge in [-0.3, -0.25) is 14.7 Å². The fraction of sp³-hybridized carbons (Fsp3) is 0.435. The van der Waals surface area contributed by atoms with E-state index in [0.29, 0.717) is 49.1 Å². The van der Waals surface area contributed by atoms with E-state index in [9.17, 15) is 9.59 Å². The van der Waals surface area contributed by atoms with Gasteiger partial charge in [0.1, 0.15) is 5.69 Å². The number of aromatic amines is 2. The fourth-order valence-corrected chi connectivity index (χ4v) is 4.67. The molecular formula is C23H26ClN5O3. The van der Waals surface area contributed by atoms with Gasteiger partial charge in [-0.1, -0.05) is 17.7 Å². The molecule has 1 aromatic carbocycles. The molecule has 0 unspecified atom stereocenters. The Morgan fingerprint density at radius 2 is 2.16 bits per heavy atom. The number of H-pyrrole nitrogens is 2. The summed E-state index contributed by atoms with van der Waals surface area (Å²) in [6, 6.07) is 7.33. The summed E-state index contributed by atoms with van der Waals surface area (Å²) >= 11 is 6.26. The van der Waals surface area contributed by atoms with E-state index in [4.69, 9.17) is 16.3 Å². The predicted molar refractivity (Wildman–Crippen MR) is 121 cm³/mol. The topological polar surface area (TPSA) is 94.3 Å². The molecule has 0 spiro atoms. The molecule has 2 aliphatic rings. The van der Waals surface area contributed by atoms with Crippen LogP contribution in [0, 0.1) is 0 Å². The average Bonchev–Trinajstić information content (AvgIpc) is 3.26. The molecule has 32 heavy (non-hydrogen) atoms. The molecule has 2 amide bonds. The van der Waals surface area contributed by atoms with Crippen LogP contribution in [-0.4, -0.2) is 69.1 Å². The van der Waals surface area contributed by atoms with Crippen molar-refractivity contribution in [2.24, 2.45) is 0 Å². The van der Waals surface area contributed by atoms with Gasteiger partial charge in [0.05, 0.1) is 18.7 Å². The first-order chi connectivity index (χ1) is 15.4. The van der Waals surface area contributed by atoms with Gasteiger partial charge in [0, 0.05) is 53.8 Å². The number of nitrogens with zero attached hydrogens (tertiary/aromatic N) is 3. The van der Waals surface area contributed by atoms with E-state index in [2.05, 4.69) is 15.2 Å². The standard InChI is InChI=1S/C23H26ClN5O3/c1-3-32-13-23(8-9-23)28(2)22(31)20-15-12-29(10-7-18(15)26-27-20)21(30)19-11-14-16(24)5-4-6-17(14)25-19/h4-6,11,25H,3,7-10,12-13H2,1-2H3,(H,26,27). The molecule has 2 aromatic heterocycles. The molecule has 3 heterocycles. The average molecular weight is 456 g/mol. The number of rotatable bonds is 6. The summed E-state index contributed by atoms with van der Waals surface area (Å²) in [6.07, 6.45) is 2.47. The third-order valence-corrected chi connectivity index (χ3v) is 7.01. The van der Waals surface area contributed by atoms with Crippen molar-refractivity contribution in [2.45, 2.75) is 38.3 Å². The first-order valence-electron chi connectivity index (χ1n) is 10.9. The highest BCUT2D eigenvalue weighted by Crippen LogP contribution is 2.42. The van der Waals surface area contributed by atoms with Gasteiger partial charge in [0.25, 0.3) is 11.8 Å². The molecule has 168 valence electrons. The number of aromatic nitrogens is 3. The minimum atomic E-state index is -0.243. The summed E-state index contributed by atoms with van der Waals surface area (Å²) in [5.41, 5.74) is 3.17. The highest BCUT2D eigenvalue weighted by atomic mass is 35.5. The van der Waals surface area contributed by atoms with Crippen LogP contribution in [-0.2, 0) is 17.7 Å². The summed E-state index contributed by atoms with van der Waals surface area (Å²) in [6.45, 7) is 3.99. The number of likely N-dealkylation sites (N-methyl/N-ethyl adjacent to an activating group) is 1. The maximum absolute atomic E-state index is 13.3. The number of hydrogen-bond acceptors (Lipinski definition) is 4. The first-order valence-corrected chi connectivity index (χ1v) is 11.3. The molecule has 9 heteroatoms. The van der Waals surface area contributed by atoms with Crippen LogP contribution >= 0.6 is 11.6 Å². The zero-order chi connectivity index (χ0) is 22.5. The fourth-order valence-electron chi connectivity index (χ4n) is 4.44. The van der Waals surface area contributed by atoms with Gasteiger partial charge in [0.2, 0.25) is 0 Å². The highest BCUT2D eigenvalue weighted by molar-refractivity contribution is 6.35. The lowest BCUT2D eigenvalue weighted by atomic mass is 10.0. The molecule has 5 rings (SSSR count). The van der Waals surface area contributed by atoms with Gasteiger partial charge in [-0.15, -0.1) is 0 Å². The van der Waals surface area contributed by atoms with Gasteiger partial charge < -0.3 is 19.5 Å². The summed E-state index contributed by atoms with van der Waals surface area (Å²) in [5, 5.41) is 8.77. The van der Waals surface area contributed by atoms with Crippen LogP contribution in [0.4, 0.5) is 0 Å². The highest BCUT2D eigenvalue weighted by Gasteiger charge is 2.49. The number of halogens is 1. The monoisotopic (exact) mass is 455 g/mol. The Labute approximate surface area is 190 Å². The lowest BCUT2D eigenvalue weighted by Gasteiger charge is -2.29. The van der Waals surface area contributed by atoms with Crippen molar-refractivity contribution in [2.75, 3.05) is 26.8 Å². The molecule has 0 saturated heterocycles. The third-order valence-electron chi connectivity index (χ3n) is 6.68. The second-order valence-electron chi connectivity index (χ2n) is 8.62. The Morgan fingerprint density at radius 1 is 1.34 bits per heavy atom. The summed E-state index contributed by atoms with van der Waals surface area (Å²) in [4.78, 5) is 33.2. The number of carbonyl (C=O) groups is 2. The summed E-state index contributed by atoms with van der Waals surface area (Å²) < 4.78 is 5.61. The van der Waals surface area contributed by atoms with Crippen molar-refractivity contribution in [3.63, 3.8) is 0 Å². The van der Waals surface area contributed by atoms with Gasteiger partial charge in [-0.2, -0.15) is 5.10 Å². The van der Waals surface area contributed by atoms with Crippen LogP contribution in [0.2, 0.25) is 5.02 Å². The third kappa shape index (κ3) is 3.47. The zero-order valence-corrected chi connectivity index (χ0v) is 19.0. The van der Waals surface area contributed by atoms with Crippen molar-refractivity contribution < 1.29 is 14.3 Å². The molecule has 1 aliphatic carbocycles. The Balaban J connectivity index is 1.37. The predicted octanol–water partition coefficient (Wildman–Crippen LogP) is 3.38. The second-order valence-corrected chi connectivity index (χ2v) is 9.02. The van der Waals surface area contributed by atoms with E-state index in [0.717, 1.165) is 35.0 Å². The molecular weight excluding hydrogens is 430 g/mol. The largest absolute Gasteiger partial charge is 0.379 e.